The minimum Gasteiger partial charge on any atom is -0.352 e. The molecule has 0 heterocycles. The number of nitrogens with one attached hydrogen (secondary N) is 2. The highest BCUT2D eigenvalue weighted by molar-refractivity contribution is 5.92. The number of hydrogen-bond acceptors (Lipinski definition) is 3. The Morgan fingerprint density at radius 2 is 1.62 bits per heavy atom. The number of benzene rings is 1. The van der Waals surface area contributed by atoms with Gasteiger partial charge in [0.2, 0.25) is 11.8 Å². The molecular weight excluding hydrogens is 340 g/mol. The highest BCUT2D eigenvalue weighted by atomic mass is 19.1. The van der Waals surface area contributed by atoms with Gasteiger partial charge >= 0.3 is 0 Å². The van der Waals surface area contributed by atoms with E-state index in [9.17, 15) is 18.4 Å². The Morgan fingerprint density at radius 1 is 1.04 bits per heavy atom. The van der Waals surface area contributed by atoms with Crippen LogP contribution in [-0.4, -0.2) is 42.4 Å². The normalized spacial score (nSPS) is 15.5. The van der Waals surface area contributed by atoms with Crippen LogP contribution in [0.2, 0.25) is 0 Å². The Bertz CT molecular complexity index is 597. The lowest BCUT2D eigenvalue weighted by molar-refractivity contribution is -0.124. The third-order valence-corrected chi connectivity index (χ3v) is 4.63. The molecule has 1 aromatic carbocycles. The van der Waals surface area contributed by atoms with Gasteiger partial charge in [-0.15, -0.1) is 0 Å². The van der Waals surface area contributed by atoms with Gasteiger partial charge in [0.1, 0.15) is 17.3 Å². The molecule has 144 valence electrons. The number of anilines is 1. The second-order valence-corrected chi connectivity index (χ2v) is 6.70. The maximum absolute atomic E-state index is 13.6. The van der Waals surface area contributed by atoms with Gasteiger partial charge in [0.25, 0.3) is 0 Å². The summed E-state index contributed by atoms with van der Waals surface area (Å²) < 4.78 is 27.2. The van der Waals surface area contributed by atoms with Crippen LogP contribution in [0.4, 0.5) is 14.5 Å². The fourth-order valence-corrected chi connectivity index (χ4v) is 3.18. The summed E-state index contributed by atoms with van der Waals surface area (Å²) in [5.74, 6) is -2.33. The Hall–Kier alpha value is -2.02. The molecule has 0 unspecified atom stereocenters. The van der Waals surface area contributed by atoms with Crippen LogP contribution >= 0.6 is 0 Å². The number of amides is 2. The molecule has 5 nitrogen and oxygen atoms in total. The van der Waals surface area contributed by atoms with Crippen LogP contribution in [0.15, 0.2) is 18.2 Å². The molecule has 2 amide bonds. The molecule has 1 saturated carbocycles. The average molecular weight is 367 g/mol. The molecule has 2 N–H and O–H groups in total. The molecule has 0 aromatic heterocycles. The molecule has 1 aliphatic carbocycles. The second kappa shape index (κ2) is 10.2. The predicted molar refractivity (Wildman–Crippen MR) is 96.7 cm³/mol. The van der Waals surface area contributed by atoms with E-state index in [1.165, 1.54) is 18.9 Å². The molecule has 26 heavy (non-hydrogen) atoms. The quantitative estimate of drug-likeness (QED) is 0.728. The predicted octanol–water partition coefficient (Wildman–Crippen LogP) is 3.06. The largest absolute Gasteiger partial charge is 0.352 e. The number of hydrogen-bond donors (Lipinski definition) is 2. The van der Waals surface area contributed by atoms with E-state index >= 15 is 0 Å². The van der Waals surface area contributed by atoms with Crippen LogP contribution in [0.5, 0.6) is 0 Å². The molecule has 0 atom stereocenters. The minimum absolute atomic E-state index is 0.0835. The number of carbonyl (C=O) groups is 2. The minimum atomic E-state index is -0.826. The van der Waals surface area contributed by atoms with Crippen molar-refractivity contribution in [2.75, 3.05) is 25.0 Å². The molecule has 1 aromatic rings. The summed E-state index contributed by atoms with van der Waals surface area (Å²) in [5.41, 5.74) is -0.462. The van der Waals surface area contributed by atoms with Gasteiger partial charge in [-0.2, -0.15) is 0 Å². The van der Waals surface area contributed by atoms with Gasteiger partial charge in [0.05, 0.1) is 13.1 Å². The van der Waals surface area contributed by atoms with Crippen molar-refractivity contribution >= 4 is 17.5 Å². The van der Waals surface area contributed by atoms with E-state index in [0.29, 0.717) is 6.54 Å². The van der Waals surface area contributed by atoms with E-state index in [2.05, 4.69) is 10.6 Å². The van der Waals surface area contributed by atoms with Gasteiger partial charge in [0, 0.05) is 6.04 Å². The lowest BCUT2D eigenvalue weighted by Gasteiger charge is -2.22. The molecule has 1 aliphatic rings. The topological polar surface area (TPSA) is 61.4 Å². The number of carbonyl (C=O) groups excluding carboxylic acids is 2. The Labute approximate surface area is 153 Å². The third-order valence-electron chi connectivity index (χ3n) is 4.63. The first-order valence-electron chi connectivity index (χ1n) is 9.25. The van der Waals surface area contributed by atoms with Crippen molar-refractivity contribution < 1.29 is 18.4 Å². The maximum Gasteiger partial charge on any atom is 0.238 e. The van der Waals surface area contributed by atoms with Crippen LogP contribution < -0.4 is 10.6 Å². The molecule has 0 spiro atoms. The van der Waals surface area contributed by atoms with Crippen LogP contribution in [0.25, 0.3) is 0 Å². The van der Waals surface area contributed by atoms with Gasteiger partial charge in [0.15, 0.2) is 0 Å². The zero-order valence-electron chi connectivity index (χ0n) is 15.2. The monoisotopic (exact) mass is 367 g/mol. The molecular formula is C19H27F2N3O2. The smallest absolute Gasteiger partial charge is 0.238 e. The fraction of sp³-hybridized carbons (Fsp3) is 0.579. The van der Waals surface area contributed by atoms with Gasteiger partial charge in [-0.1, -0.05) is 38.7 Å². The maximum atomic E-state index is 13.6. The first kappa shape index (κ1) is 20.3. The standard InChI is InChI=1S/C19H27F2N3O2/c1-2-24(12-17(25)22-14-8-5-3-4-6-9-14)13-18(26)23-19-15(20)10-7-11-16(19)21/h7,10-11,14H,2-6,8-9,12-13H2,1H3,(H,22,25)(H,23,26). The Kier molecular flexibility index (Phi) is 7.97. The number of halogens is 2. The van der Waals surface area contributed by atoms with Crippen molar-refractivity contribution in [3.05, 3.63) is 29.8 Å². The van der Waals surface area contributed by atoms with Crippen molar-refractivity contribution in [2.45, 2.75) is 51.5 Å². The summed E-state index contributed by atoms with van der Waals surface area (Å²) in [6.45, 7) is 2.28. The van der Waals surface area contributed by atoms with Gasteiger partial charge in [-0.25, -0.2) is 8.78 Å². The number of rotatable bonds is 7. The SMILES string of the molecule is CCN(CC(=O)Nc1c(F)cccc1F)CC(=O)NC1CCCCCC1. The van der Waals surface area contributed by atoms with E-state index in [1.807, 2.05) is 6.92 Å². The van der Waals surface area contributed by atoms with Crippen molar-refractivity contribution in [2.24, 2.45) is 0 Å². The summed E-state index contributed by atoms with van der Waals surface area (Å²) in [4.78, 5) is 26.0. The third kappa shape index (κ3) is 6.37. The summed E-state index contributed by atoms with van der Waals surface area (Å²) in [6, 6.07) is 3.59. The van der Waals surface area contributed by atoms with E-state index < -0.39 is 23.2 Å². The van der Waals surface area contributed by atoms with Gasteiger partial charge < -0.3 is 10.6 Å². The molecule has 0 aliphatic heterocycles. The second-order valence-electron chi connectivity index (χ2n) is 6.70. The molecule has 7 heteroatoms. The van der Waals surface area contributed by atoms with Gasteiger partial charge in [-0.3, -0.25) is 14.5 Å². The van der Waals surface area contributed by atoms with Crippen molar-refractivity contribution in [3.63, 3.8) is 0 Å². The van der Waals surface area contributed by atoms with E-state index in [0.717, 1.165) is 37.8 Å². The number of para-hydroxylation sites is 1. The molecule has 1 fully saturated rings. The highest BCUT2D eigenvalue weighted by Gasteiger charge is 2.19. The lowest BCUT2D eigenvalue weighted by atomic mass is 10.1. The first-order valence-corrected chi connectivity index (χ1v) is 9.25. The van der Waals surface area contributed by atoms with Crippen molar-refractivity contribution in [1.82, 2.24) is 10.2 Å². The van der Waals surface area contributed by atoms with E-state index in [-0.39, 0.29) is 25.0 Å². The summed E-state index contributed by atoms with van der Waals surface area (Å²) in [7, 11) is 0. The van der Waals surface area contributed by atoms with Crippen LogP contribution in [0.1, 0.15) is 45.4 Å². The molecule has 0 saturated heterocycles. The van der Waals surface area contributed by atoms with Crippen LogP contribution in [0, 0.1) is 11.6 Å². The summed E-state index contributed by atoms with van der Waals surface area (Å²) in [6.07, 6.45) is 6.65. The summed E-state index contributed by atoms with van der Waals surface area (Å²) >= 11 is 0. The number of nitrogens with zero attached hydrogens (tertiary/aromatic N) is 1. The molecule has 2 rings (SSSR count). The van der Waals surface area contributed by atoms with E-state index in [1.54, 1.807) is 4.90 Å². The van der Waals surface area contributed by atoms with Crippen molar-refractivity contribution in [1.29, 1.82) is 0 Å². The molecule has 0 bridgehead atoms. The van der Waals surface area contributed by atoms with Crippen LogP contribution in [0.3, 0.4) is 0 Å². The Morgan fingerprint density at radius 3 is 2.19 bits per heavy atom. The van der Waals surface area contributed by atoms with Crippen LogP contribution in [-0.2, 0) is 9.59 Å². The lowest BCUT2D eigenvalue weighted by Crippen LogP contribution is -2.44. The zero-order chi connectivity index (χ0) is 18.9. The van der Waals surface area contributed by atoms with Gasteiger partial charge in [-0.05, 0) is 31.5 Å². The summed E-state index contributed by atoms with van der Waals surface area (Å²) in [5, 5.41) is 5.28. The van der Waals surface area contributed by atoms with E-state index in [4.69, 9.17) is 0 Å². The Balaban J connectivity index is 1.83. The number of likely N-dealkylation sites (N-methyl/N-ethyl adjacent to an activating group) is 1. The zero-order valence-corrected chi connectivity index (χ0v) is 15.2. The first-order chi connectivity index (χ1) is 12.5. The highest BCUT2D eigenvalue weighted by Crippen LogP contribution is 2.18. The molecule has 0 radical (unpaired) electrons. The fourth-order valence-electron chi connectivity index (χ4n) is 3.18. The van der Waals surface area contributed by atoms with Crippen molar-refractivity contribution in [3.8, 4) is 0 Å². The average Bonchev–Trinajstić information content (AvgIpc) is 2.86.